The van der Waals surface area contributed by atoms with Gasteiger partial charge in [-0.25, -0.2) is 4.98 Å². The third-order valence-corrected chi connectivity index (χ3v) is 8.27. The molecular weight excluding hydrogens is 500 g/mol. The van der Waals surface area contributed by atoms with Gasteiger partial charge in [-0.05, 0) is 71.8 Å². The molecule has 0 bridgehead atoms. The minimum Gasteiger partial charge on any atom is -0.309 e. The Hall–Kier alpha value is -5.61. The summed E-state index contributed by atoms with van der Waals surface area (Å²) in [6.45, 7) is 0. The Morgan fingerprint density at radius 2 is 0.829 bits per heavy atom. The number of para-hydroxylation sites is 6. The quantitative estimate of drug-likeness (QED) is 0.226. The average molecular weight is 525 g/mol. The highest BCUT2D eigenvalue weighted by atomic mass is 15.2. The normalized spacial score (nSPS) is 11.9. The first-order valence-corrected chi connectivity index (χ1v) is 13.9. The third kappa shape index (κ3) is 3.19. The van der Waals surface area contributed by atoms with Crippen LogP contribution in [0.3, 0.4) is 0 Å². The summed E-state index contributed by atoms with van der Waals surface area (Å²) in [6, 6.07) is 51.8. The molecule has 3 aromatic heterocycles. The number of benzene rings is 6. The van der Waals surface area contributed by atoms with Crippen molar-refractivity contribution in [2.75, 3.05) is 0 Å². The Morgan fingerprint density at radius 3 is 1.44 bits per heavy atom. The third-order valence-electron chi connectivity index (χ3n) is 8.27. The van der Waals surface area contributed by atoms with Crippen molar-refractivity contribution in [1.82, 2.24) is 18.5 Å². The molecule has 0 unspecified atom stereocenters. The van der Waals surface area contributed by atoms with Crippen LogP contribution in [-0.2, 0) is 0 Å². The SMILES string of the molecule is c1ccc2c(c1)nc1n(-c3ccc(-c4ccc(-n5c6ccccc6c6ccccc65)cc4)cc3)c3ccccc3n21. The van der Waals surface area contributed by atoms with E-state index in [0.29, 0.717) is 0 Å². The van der Waals surface area contributed by atoms with E-state index in [1.807, 2.05) is 6.07 Å². The van der Waals surface area contributed by atoms with Gasteiger partial charge in [-0.1, -0.05) is 84.9 Å². The maximum absolute atomic E-state index is 5.01. The van der Waals surface area contributed by atoms with Gasteiger partial charge < -0.3 is 4.57 Å². The lowest BCUT2D eigenvalue weighted by Crippen LogP contribution is -1.95. The van der Waals surface area contributed by atoms with E-state index in [2.05, 4.69) is 153 Å². The van der Waals surface area contributed by atoms with Crippen molar-refractivity contribution in [1.29, 1.82) is 0 Å². The second-order valence-corrected chi connectivity index (χ2v) is 10.5. The molecule has 0 radical (unpaired) electrons. The molecule has 0 aliphatic rings. The van der Waals surface area contributed by atoms with Crippen molar-refractivity contribution < 1.29 is 0 Å². The van der Waals surface area contributed by atoms with Crippen LogP contribution in [0.1, 0.15) is 0 Å². The van der Waals surface area contributed by atoms with Gasteiger partial charge in [0.1, 0.15) is 0 Å². The van der Waals surface area contributed by atoms with Crippen LogP contribution in [0, 0.1) is 0 Å². The first-order valence-electron chi connectivity index (χ1n) is 13.9. The second kappa shape index (κ2) is 8.44. The summed E-state index contributed by atoms with van der Waals surface area (Å²) in [7, 11) is 0. The number of rotatable bonds is 3. The fourth-order valence-electron chi connectivity index (χ4n) is 6.41. The van der Waals surface area contributed by atoms with Crippen molar-refractivity contribution in [2.45, 2.75) is 0 Å². The maximum atomic E-state index is 5.01. The minimum absolute atomic E-state index is 0.927. The van der Waals surface area contributed by atoms with Gasteiger partial charge in [0.05, 0.1) is 33.1 Å². The topological polar surface area (TPSA) is 27.2 Å². The molecule has 0 amide bonds. The van der Waals surface area contributed by atoms with Gasteiger partial charge in [-0.15, -0.1) is 0 Å². The molecule has 4 nitrogen and oxygen atoms in total. The second-order valence-electron chi connectivity index (χ2n) is 10.5. The van der Waals surface area contributed by atoms with E-state index >= 15 is 0 Å². The molecule has 0 aliphatic heterocycles. The summed E-state index contributed by atoms with van der Waals surface area (Å²) < 4.78 is 6.87. The number of hydrogen-bond acceptors (Lipinski definition) is 1. The summed E-state index contributed by atoms with van der Waals surface area (Å²) in [4.78, 5) is 5.01. The molecule has 192 valence electrons. The van der Waals surface area contributed by atoms with Crippen LogP contribution >= 0.6 is 0 Å². The van der Waals surface area contributed by atoms with Gasteiger partial charge in [-0.3, -0.25) is 8.97 Å². The standard InChI is InChI=1S/C37H24N4/c1-4-12-32-29(9-1)30-10-2-5-13-33(30)39(32)27-21-17-25(18-22-27)26-19-23-28(24-20-26)40-35-15-7-8-16-36(35)41-34-14-6-3-11-31(34)38-37(40)41/h1-24H. The lowest BCUT2D eigenvalue weighted by atomic mass is 10.0. The number of aromatic nitrogens is 4. The number of hydrogen-bond donors (Lipinski definition) is 0. The Morgan fingerprint density at radius 1 is 0.366 bits per heavy atom. The van der Waals surface area contributed by atoms with Crippen LogP contribution in [0.4, 0.5) is 0 Å². The van der Waals surface area contributed by atoms with Crippen LogP contribution in [0.5, 0.6) is 0 Å². The summed E-state index contributed by atoms with van der Waals surface area (Å²) >= 11 is 0. The van der Waals surface area contributed by atoms with Crippen LogP contribution in [0.25, 0.3) is 72.2 Å². The molecule has 0 aliphatic carbocycles. The van der Waals surface area contributed by atoms with Crippen LogP contribution in [-0.4, -0.2) is 18.5 Å². The Bertz CT molecular complexity index is 2350. The smallest absolute Gasteiger partial charge is 0.220 e. The molecule has 4 heteroatoms. The molecule has 0 atom stereocenters. The highest BCUT2D eigenvalue weighted by Crippen LogP contribution is 2.33. The number of nitrogens with zero attached hydrogens (tertiary/aromatic N) is 4. The monoisotopic (exact) mass is 524 g/mol. The van der Waals surface area contributed by atoms with E-state index in [-0.39, 0.29) is 0 Å². The minimum atomic E-state index is 0.927. The summed E-state index contributed by atoms with van der Waals surface area (Å²) in [5.74, 6) is 0.927. The number of fused-ring (bicyclic) bond motifs is 8. The zero-order valence-corrected chi connectivity index (χ0v) is 22.1. The fraction of sp³-hybridized carbons (Fsp3) is 0. The highest BCUT2D eigenvalue weighted by molar-refractivity contribution is 6.09. The molecule has 0 fully saturated rings. The predicted octanol–water partition coefficient (Wildman–Crippen LogP) is 9.20. The molecule has 0 saturated heterocycles. The summed E-state index contributed by atoms with van der Waals surface area (Å²) in [6.07, 6.45) is 0. The van der Waals surface area contributed by atoms with Crippen LogP contribution < -0.4 is 0 Å². The van der Waals surface area contributed by atoms with Crippen LogP contribution in [0.15, 0.2) is 146 Å². The first-order chi connectivity index (χ1) is 20.3. The molecule has 0 saturated carbocycles. The van der Waals surface area contributed by atoms with E-state index in [1.54, 1.807) is 0 Å². The fourth-order valence-corrected chi connectivity index (χ4v) is 6.41. The Balaban J connectivity index is 1.13. The molecule has 9 rings (SSSR count). The Kier molecular flexibility index (Phi) is 4.58. The predicted molar refractivity (Wildman–Crippen MR) is 169 cm³/mol. The van der Waals surface area contributed by atoms with Gasteiger partial charge in [-0.2, -0.15) is 0 Å². The average Bonchev–Trinajstić information content (AvgIpc) is 3.68. The summed E-state index contributed by atoms with van der Waals surface area (Å²) in [5, 5.41) is 2.56. The van der Waals surface area contributed by atoms with Gasteiger partial charge in [0.15, 0.2) is 0 Å². The zero-order chi connectivity index (χ0) is 26.9. The molecule has 0 N–H and O–H groups in total. The highest BCUT2D eigenvalue weighted by Gasteiger charge is 2.17. The van der Waals surface area contributed by atoms with Crippen molar-refractivity contribution in [3.05, 3.63) is 146 Å². The van der Waals surface area contributed by atoms with Gasteiger partial charge in [0.25, 0.3) is 0 Å². The van der Waals surface area contributed by atoms with Crippen molar-refractivity contribution >= 4 is 49.7 Å². The number of imidazole rings is 2. The summed E-state index contributed by atoms with van der Waals surface area (Å²) in [5.41, 5.74) is 11.5. The van der Waals surface area contributed by atoms with Crippen LogP contribution in [0.2, 0.25) is 0 Å². The van der Waals surface area contributed by atoms with Gasteiger partial charge >= 0.3 is 0 Å². The maximum Gasteiger partial charge on any atom is 0.220 e. The lowest BCUT2D eigenvalue weighted by Gasteiger charge is -2.10. The van der Waals surface area contributed by atoms with E-state index in [9.17, 15) is 0 Å². The van der Waals surface area contributed by atoms with Gasteiger partial charge in [0.2, 0.25) is 5.78 Å². The zero-order valence-electron chi connectivity index (χ0n) is 22.1. The molecule has 0 spiro atoms. The molecule has 3 heterocycles. The first kappa shape index (κ1) is 22.2. The Labute approximate surface area is 236 Å². The molecule has 41 heavy (non-hydrogen) atoms. The van der Waals surface area contributed by atoms with E-state index < -0.39 is 0 Å². The lowest BCUT2D eigenvalue weighted by molar-refractivity contribution is 1.11. The van der Waals surface area contributed by atoms with Crippen molar-refractivity contribution in [3.63, 3.8) is 0 Å². The van der Waals surface area contributed by atoms with Crippen molar-refractivity contribution in [3.8, 4) is 22.5 Å². The van der Waals surface area contributed by atoms with E-state index in [4.69, 9.17) is 4.98 Å². The molecule has 6 aromatic carbocycles. The molecule has 9 aromatic rings. The molecular formula is C37H24N4. The van der Waals surface area contributed by atoms with Crippen molar-refractivity contribution in [2.24, 2.45) is 0 Å². The van der Waals surface area contributed by atoms with E-state index in [0.717, 1.165) is 39.2 Å². The largest absolute Gasteiger partial charge is 0.309 e. The van der Waals surface area contributed by atoms with Gasteiger partial charge in [0, 0.05) is 22.1 Å². The van der Waals surface area contributed by atoms with E-state index in [1.165, 1.54) is 32.9 Å².